The average Bonchev–Trinajstić information content (AvgIpc) is 1.98. The Labute approximate surface area is 72.1 Å². The SMILES string of the molecule is CCC(=O)NC1CCC1SC. The molecule has 0 radical (unpaired) electrons. The van der Waals surface area contributed by atoms with E-state index < -0.39 is 0 Å². The summed E-state index contributed by atoms with van der Waals surface area (Å²) in [7, 11) is 0. The van der Waals surface area contributed by atoms with E-state index in [-0.39, 0.29) is 5.91 Å². The fraction of sp³-hybridized carbons (Fsp3) is 0.875. The molecule has 0 heterocycles. The van der Waals surface area contributed by atoms with Gasteiger partial charge in [0.15, 0.2) is 0 Å². The number of hydrogen-bond donors (Lipinski definition) is 1. The van der Waals surface area contributed by atoms with Crippen molar-refractivity contribution in [3.63, 3.8) is 0 Å². The Kier molecular flexibility index (Phi) is 3.24. The van der Waals surface area contributed by atoms with E-state index in [0.717, 1.165) is 6.42 Å². The number of rotatable bonds is 3. The summed E-state index contributed by atoms with van der Waals surface area (Å²) in [5.41, 5.74) is 0. The molecule has 2 nitrogen and oxygen atoms in total. The lowest BCUT2D eigenvalue weighted by Gasteiger charge is -2.35. The molecule has 0 spiro atoms. The van der Waals surface area contributed by atoms with Crippen LogP contribution in [-0.2, 0) is 4.79 Å². The standard InChI is InChI=1S/C8H15NOS/c1-3-8(10)9-6-4-5-7(6)11-2/h6-7H,3-5H2,1-2H3,(H,9,10). The monoisotopic (exact) mass is 173 g/mol. The van der Waals surface area contributed by atoms with Crippen molar-refractivity contribution in [2.75, 3.05) is 6.26 Å². The van der Waals surface area contributed by atoms with E-state index in [1.54, 1.807) is 0 Å². The Morgan fingerprint density at radius 1 is 1.64 bits per heavy atom. The van der Waals surface area contributed by atoms with Crippen LogP contribution in [-0.4, -0.2) is 23.5 Å². The van der Waals surface area contributed by atoms with Crippen molar-refractivity contribution in [2.24, 2.45) is 0 Å². The molecule has 64 valence electrons. The number of hydrogen-bond acceptors (Lipinski definition) is 2. The van der Waals surface area contributed by atoms with Crippen molar-refractivity contribution in [1.29, 1.82) is 0 Å². The largest absolute Gasteiger partial charge is 0.352 e. The van der Waals surface area contributed by atoms with Crippen LogP contribution in [0, 0.1) is 0 Å². The van der Waals surface area contributed by atoms with Gasteiger partial charge in [0.05, 0.1) is 0 Å². The highest BCUT2D eigenvalue weighted by Gasteiger charge is 2.30. The molecule has 1 aliphatic carbocycles. The second-order valence-electron chi connectivity index (χ2n) is 2.88. The maximum atomic E-state index is 11.0. The molecule has 1 N–H and O–H groups in total. The van der Waals surface area contributed by atoms with Crippen LogP contribution in [0.3, 0.4) is 0 Å². The third-order valence-corrected chi connectivity index (χ3v) is 3.35. The van der Waals surface area contributed by atoms with Gasteiger partial charge in [-0.1, -0.05) is 6.92 Å². The number of amides is 1. The quantitative estimate of drug-likeness (QED) is 0.699. The van der Waals surface area contributed by atoms with Gasteiger partial charge in [-0.15, -0.1) is 0 Å². The molecule has 0 aromatic rings. The van der Waals surface area contributed by atoms with Crippen LogP contribution < -0.4 is 5.32 Å². The van der Waals surface area contributed by atoms with Crippen LogP contribution in [0.2, 0.25) is 0 Å². The zero-order valence-electron chi connectivity index (χ0n) is 7.09. The molecule has 3 heteroatoms. The Morgan fingerprint density at radius 3 is 2.73 bits per heavy atom. The van der Waals surface area contributed by atoms with E-state index in [1.807, 2.05) is 18.7 Å². The highest BCUT2D eigenvalue weighted by Crippen LogP contribution is 2.29. The zero-order valence-corrected chi connectivity index (χ0v) is 7.91. The van der Waals surface area contributed by atoms with Gasteiger partial charge in [-0.25, -0.2) is 0 Å². The van der Waals surface area contributed by atoms with E-state index in [4.69, 9.17) is 0 Å². The van der Waals surface area contributed by atoms with Crippen molar-refractivity contribution in [3.05, 3.63) is 0 Å². The third-order valence-electron chi connectivity index (χ3n) is 2.18. The topological polar surface area (TPSA) is 29.1 Å². The summed E-state index contributed by atoms with van der Waals surface area (Å²) in [5.74, 6) is 0.189. The summed E-state index contributed by atoms with van der Waals surface area (Å²) >= 11 is 1.86. The first kappa shape index (κ1) is 8.91. The minimum Gasteiger partial charge on any atom is -0.352 e. The molecular weight excluding hydrogens is 158 g/mol. The van der Waals surface area contributed by atoms with E-state index in [2.05, 4.69) is 11.6 Å². The van der Waals surface area contributed by atoms with Gasteiger partial charge in [0, 0.05) is 17.7 Å². The van der Waals surface area contributed by atoms with Gasteiger partial charge < -0.3 is 5.32 Å². The summed E-state index contributed by atoms with van der Waals surface area (Å²) in [6.07, 6.45) is 5.14. The molecule has 0 saturated heterocycles. The van der Waals surface area contributed by atoms with Gasteiger partial charge in [0.1, 0.15) is 0 Å². The minimum absolute atomic E-state index is 0.189. The lowest BCUT2D eigenvalue weighted by atomic mass is 9.92. The molecule has 0 aromatic heterocycles. The predicted molar refractivity (Wildman–Crippen MR) is 48.8 cm³/mol. The van der Waals surface area contributed by atoms with Crippen molar-refractivity contribution in [2.45, 2.75) is 37.5 Å². The molecule has 1 amide bonds. The molecule has 0 aromatic carbocycles. The van der Waals surface area contributed by atoms with Gasteiger partial charge in [0.2, 0.25) is 5.91 Å². The zero-order chi connectivity index (χ0) is 8.27. The van der Waals surface area contributed by atoms with E-state index in [0.29, 0.717) is 17.7 Å². The van der Waals surface area contributed by atoms with Crippen LogP contribution in [0.4, 0.5) is 0 Å². The molecule has 1 saturated carbocycles. The second kappa shape index (κ2) is 4.00. The normalized spacial score (nSPS) is 29.3. The molecule has 11 heavy (non-hydrogen) atoms. The molecule has 0 bridgehead atoms. The summed E-state index contributed by atoms with van der Waals surface area (Å²) in [6, 6.07) is 0.456. The molecule has 1 aliphatic rings. The first-order valence-electron chi connectivity index (χ1n) is 4.10. The third kappa shape index (κ3) is 2.12. The lowest BCUT2D eigenvalue weighted by molar-refractivity contribution is -0.121. The lowest BCUT2D eigenvalue weighted by Crippen LogP contribution is -2.48. The Balaban J connectivity index is 2.21. The van der Waals surface area contributed by atoms with Crippen molar-refractivity contribution < 1.29 is 4.79 Å². The number of carbonyl (C=O) groups is 1. The van der Waals surface area contributed by atoms with Gasteiger partial charge in [-0.05, 0) is 19.1 Å². The smallest absolute Gasteiger partial charge is 0.219 e. The minimum atomic E-state index is 0.189. The molecule has 2 unspecified atom stereocenters. The number of thioether (sulfide) groups is 1. The first-order chi connectivity index (χ1) is 5.27. The summed E-state index contributed by atoms with van der Waals surface area (Å²) in [4.78, 5) is 11.0. The van der Waals surface area contributed by atoms with Gasteiger partial charge in [0.25, 0.3) is 0 Å². The van der Waals surface area contributed by atoms with E-state index in [1.165, 1.54) is 6.42 Å². The van der Waals surface area contributed by atoms with Crippen LogP contribution in [0.5, 0.6) is 0 Å². The van der Waals surface area contributed by atoms with Gasteiger partial charge in [-0.2, -0.15) is 11.8 Å². The van der Waals surface area contributed by atoms with E-state index in [9.17, 15) is 4.79 Å². The Morgan fingerprint density at radius 2 is 2.36 bits per heavy atom. The summed E-state index contributed by atoms with van der Waals surface area (Å²) in [6.45, 7) is 1.89. The number of nitrogens with one attached hydrogen (secondary N) is 1. The predicted octanol–water partition coefficient (Wildman–Crippen LogP) is 1.41. The van der Waals surface area contributed by atoms with Crippen molar-refractivity contribution in [3.8, 4) is 0 Å². The highest BCUT2D eigenvalue weighted by atomic mass is 32.2. The fourth-order valence-electron chi connectivity index (χ4n) is 1.23. The Bertz CT molecular complexity index is 147. The summed E-state index contributed by atoms with van der Waals surface area (Å²) < 4.78 is 0. The summed E-state index contributed by atoms with van der Waals surface area (Å²) in [5, 5.41) is 3.68. The second-order valence-corrected chi connectivity index (χ2v) is 3.96. The van der Waals surface area contributed by atoms with Gasteiger partial charge >= 0.3 is 0 Å². The molecule has 2 atom stereocenters. The highest BCUT2D eigenvalue weighted by molar-refractivity contribution is 7.99. The van der Waals surface area contributed by atoms with Crippen LogP contribution in [0.15, 0.2) is 0 Å². The van der Waals surface area contributed by atoms with Crippen LogP contribution >= 0.6 is 11.8 Å². The first-order valence-corrected chi connectivity index (χ1v) is 5.39. The molecule has 0 aliphatic heterocycles. The van der Waals surface area contributed by atoms with Crippen molar-refractivity contribution >= 4 is 17.7 Å². The van der Waals surface area contributed by atoms with E-state index >= 15 is 0 Å². The van der Waals surface area contributed by atoms with Crippen LogP contribution in [0.25, 0.3) is 0 Å². The van der Waals surface area contributed by atoms with Crippen molar-refractivity contribution in [1.82, 2.24) is 5.32 Å². The van der Waals surface area contributed by atoms with Crippen LogP contribution in [0.1, 0.15) is 26.2 Å². The van der Waals surface area contributed by atoms with Gasteiger partial charge in [-0.3, -0.25) is 4.79 Å². The maximum Gasteiger partial charge on any atom is 0.219 e. The average molecular weight is 173 g/mol. The number of carbonyl (C=O) groups excluding carboxylic acids is 1. The molecular formula is C8H15NOS. The fourth-order valence-corrected chi connectivity index (χ4v) is 2.13. The Hall–Kier alpha value is -0.180. The molecule has 1 fully saturated rings. The maximum absolute atomic E-state index is 11.0. The molecule has 1 rings (SSSR count).